The van der Waals surface area contributed by atoms with Gasteiger partial charge in [0.05, 0.1) is 5.92 Å². The largest absolute Gasteiger partial charge is 0.481 e. The van der Waals surface area contributed by atoms with Gasteiger partial charge in [-0.05, 0) is 34.7 Å². The van der Waals surface area contributed by atoms with Gasteiger partial charge in [-0.2, -0.15) is 0 Å². The molecule has 2 atom stereocenters. The summed E-state index contributed by atoms with van der Waals surface area (Å²) in [5.41, 5.74) is 6.28. The summed E-state index contributed by atoms with van der Waals surface area (Å²) in [6, 6.07) is 3.61. The lowest BCUT2D eigenvalue weighted by Gasteiger charge is -2.23. The van der Waals surface area contributed by atoms with Crippen LogP contribution in [0.4, 0.5) is 0 Å². The zero-order chi connectivity index (χ0) is 18.2. The van der Waals surface area contributed by atoms with Crippen LogP contribution in [-0.2, 0) is 11.2 Å². The van der Waals surface area contributed by atoms with E-state index in [1.165, 1.54) is 0 Å². The average Bonchev–Trinajstić information content (AvgIpc) is 3.11. The standard InChI is InChI=1S/C16H24N6O3/c1-10(2)7-13(16(23)24)12(15-19-21-22-20-15)8-11-3-4-14(18-9-11)25-6-5-17/h3-4,9-10,12-13H,5-8,17H2,1-2H3,(H,23,24)(H,19,20,21,22)/t12?,13-/m0/s1. The molecule has 136 valence electrons. The molecule has 0 aliphatic rings. The van der Waals surface area contributed by atoms with Gasteiger partial charge in [0, 0.05) is 24.7 Å². The van der Waals surface area contributed by atoms with Crippen molar-refractivity contribution in [1.29, 1.82) is 0 Å². The Morgan fingerprint density at radius 3 is 2.72 bits per heavy atom. The van der Waals surface area contributed by atoms with E-state index in [1.54, 1.807) is 12.3 Å². The lowest BCUT2D eigenvalue weighted by atomic mass is 9.81. The van der Waals surface area contributed by atoms with E-state index >= 15 is 0 Å². The van der Waals surface area contributed by atoms with Crippen LogP contribution in [-0.4, -0.2) is 49.8 Å². The smallest absolute Gasteiger partial charge is 0.307 e. The van der Waals surface area contributed by atoms with Crippen molar-refractivity contribution < 1.29 is 14.6 Å². The Bertz CT molecular complexity index is 644. The number of carbonyl (C=O) groups is 1. The minimum atomic E-state index is -0.856. The zero-order valence-corrected chi connectivity index (χ0v) is 14.4. The quantitative estimate of drug-likeness (QED) is 0.578. The molecule has 0 bridgehead atoms. The number of nitrogens with zero attached hydrogens (tertiary/aromatic N) is 4. The lowest BCUT2D eigenvalue weighted by molar-refractivity contribution is -0.143. The normalized spacial score (nSPS) is 13.6. The molecule has 0 amide bonds. The van der Waals surface area contributed by atoms with Crippen LogP contribution in [0.1, 0.15) is 37.6 Å². The Labute approximate surface area is 146 Å². The van der Waals surface area contributed by atoms with Gasteiger partial charge >= 0.3 is 5.97 Å². The van der Waals surface area contributed by atoms with Gasteiger partial charge in [0.15, 0.2) is 5.82 Å². The van der Waals surface area contributed by atoms with Crippen molar-refractivity contribution >= 4 is 5.97 Å². The van der Waals surface area contributed by atoms with Crippen LogP contribution in [0.3, 0.4) is 0 Å². The molecule has 0 saturated heterocycles. The van der Waals surface area contributed by atoms with Gasteiger partial charge < -0.3 is 15.6 Å². The second-order valence-corrected chi connectivity index (χ2v) is 6.31. The monoisotopic (exact) mass is 348 g/mol. The van der Waals surface area contributed by atoms with Crippen LogP contribution >= 0.6 is 0 Å². The number of rotatable bonds is 10. The zero-order valence-electron chi connectivity index (χ0n) is 14.4. The maximum atomic E-state index is 11.8. The molecule has 0 saturated carbocycles. The van der Waals surface area contributed by atoms with Crippen LogP contribution in [0.5, 0.6) is 5.88 Å². The Morgan fingerprint density at radius 1 is 1.40 bits per heavy atom. The van der Waals surface area contributed by atoms with E-state index in [2.05, 4.69) is 25.6 Å². The highest BCUT2D eigenvalue weighted by atomic mass is 16.5. The molecule has 2 rings (SSSR count). The van der Waals surface area contributed by atoms with Crippen molar-refractivity contribution in [1.82, 2.24) is 25.6 Å². The molecular weight excluding hydrogens is 324 g/mol. The first-order valence-corrected chi connectivity index (χ1v) is 8.25. The fraction of sp³-hybridized carbons (Fsp3) is 0.562. The van der Waals surface area contributed by atoms with Gasteiger partial charge in [-0.15, -0.1) is 5.10 Å². The molecule has 2 aromatic rings. The molecule has 0 spiro atoms. The third-order valence-electron chi connectivity index (χ3n) is 3.86. The highest BCUT2D eigenvalue weighted by Gasteiger charge is 2.32. The van der Waals surface area contributed by atoms with Crippen molar-refractivity contribution in [2.24, 2.45) is 17.6 Å². The number of nitrogens with two attached hydrogens (primary N) is 1. The number of pyridine rings is 1. The highest BCUT2D eigenvalue weighted by molar-refractivity contribution is 5.71. The fourth-order valence-corrected chi connectivity index (χ4v) is 2.73. The van der Waals surface area contributed by atoms with E-state index in [0.717, 1.165) is 5.56 Å². The number of aromatic amines is 1. The molecule has 9 nitrogen and oxygen atoms in total. The van der Waals surface area contributed by atoms with Gasteiger partial charge in [-0.25, -0.2) is 10.1 Å². The summed E-state index contributed by atoms with van der Waals surface area (Å²) in [5, 5.41) is 23.5. The van der Waals surface area contributed by atoms with Crippen LogP contribution < -0.4 is 10.5 Å². The minimum Gasteiger partial charge on any atom is -0.481 e. The van der Waals surface area contributed by atoms with E-state index < -0.39 is 11.9 Å². The third kappa shape index (κ3) is 5.49. The number of hydrogen-bond donors (Lipinski definition) is 3. The third-order valence-corrected chi connectivity index (χ3v) is 3.86. The van der Waals surface area contributed by atoms with Crippen LogP contribution in [0.15, 0.2) is 18.3 Å². The molecule has 4 N–H and O–H groups in total. The van der Waals surface area contributed by atoms with E-state index in [-0.39, 0.29) is 11.8 Å². The number of aromatic nitrogens is 5. The second-order valence-electron chi connectivity index (χ2n) is 6.31. The Kier molecular flexibility index (Phi) is 6.81. The summed E-state index contributed by atoms with van der Waals surface area (Å²) in [6.07, 6.45) is 2.67. The number of nitrogens with one attached hydrogen (secondary N) is 1. The number of carboxylic acids is 1. The van der Waals surface area contributed by atoms with E-state index in [0.29, 0.717) is 37.7 Å². The van der Waals surface area contributed by atoms with Gasteiger partial charge in [0.25, 0.3) is 0 Å². The number of ether oxygens (including phenoxy) is 1. The second kappa shape index (κ2) is 9.07. The summed E-state index contributed by atoms with van der Waals surface area (Å²) < 4.78 is 5.36. The van der Waals surface area contributed by atoms with Crippen molar-refractivity contribution in [3.63, 3.8) is 0 Å². The van der Waals surface area contributed by atoms with Crippen molar-refractivity contribution in [2.75, 3.05) is 13.2 Å². The minimum absolute atomic E-state index is 0.240. The summed E-state index contributed by atoms with van der Waals surface area (Å²) in [6.45, 7) is 4.81. The maximum Gasteiger partial charge on any atom is 0.307 e. The van der Waals surface area contributed by atoms with Gasteiger partial charge in [0.2, 0.25) is 5.88 Å². The topological polar surface area (TPSA) is 140 Å². The Hall–Kier alpha value is -2.55. The van der Waals surface area contributed by atoms with Crippen molar-refractivity contribution in [2.45, 2.75) is 32.6 Å². The lowest BCUT2D eigenvalue weighted by Crippen LogP contribution is -2.26. The number of hydrogen-bond acceptors (Lipinski definition) is 7. The number of carboxylic acid groups (broad SMARTS) is 1. The van der Waals surface area contributed by atoms with Crippen LogP contribution in [0, 0.1) is 11.8 Å². The number of H-pyrrole nitrogens is 1. The summed E-state index contributed by atoms with van der Waals surface area (Å²) in [7, 11) is 0. The molecule has 0 aromatic carbocycles. The first-order chi connectivity index (χ1) is 12.0. The molecule has 0 fully saturated rings. The number of tetrazole rings is 1. The van der Waals surface area contributed by atoms with E-state index in [9.17, 15) is 9.90 Å². The fourth-order valence-electron chi connectivity index (χ4n) is 2.73. The van der Waals surface area contributed by atoms with Crippen LogP contribution in [0.25, 0.3) is 0 Å². The van der Waals surface area contributed by atoms with Crippen molar-refractivity contribution in [3.8, 4) is 5.88 Å². The molecule has 2 aromatic heterocycles. The summed E-state index contributed by atoms with van der Waals surface area (Å²) >= 11 is 0. The molecule has 0 aliphatic heterocycles. The first kappa shape index (κ1) is 18.8. The molecule has 0 aliphatic carbocycles. The van der Waals surface area contributed by atoms with Gasteiger partial charge in [0.1, 0.15) is 6.61 Å². The van der Waals surface area contributed by atoms with Gasteiger partial charge in [-0.1, -0.05) is 19.9 Å². The van der Waals surface area contributed by atoms with Gasteiger partial charge in [-0.3, -0.25) is 4.79 Å². The van der Waals surface area contributed by atoms with E-state index in [4.69, 9.17) is 10.5 Å². The maximum absolute atomic E-state index is 11.8. The Balaban J connectivity index is 2.20. The SMILES string of the molecule is CC(C)C[C@H](C(=O)O)C(Cc1ccc(OCCN)nc1)c1nnn[nH]1. The number of aliphatic carboxylic acids is 1. The predicted molar refractivity (Wildman–Crippen MR) is 90.0 cm³/mol. The summed E-state index contributed by atoms with van der Waals surface area (Å²) in [5.74, 6) is -0.619. The van der Waals surface area contributed by atoms with Crippen molar-refractivity contribution in [3.05, 3.63) is 29.7 Å². The highest BCUT2D eigenvalue weighted by Crippen LogP contribution is 2.31. The molecule has 2 heterocycles. The first-order valence-electron chi connectivity index (χ1n) is 8.25. The average molecular weight is 348 g/mol. The molecule has 25 heavy (non-hydrogen) atoms. The Morgan fingerprint density at radius 2 is 2.20 bits per heavy atom. The molecule has 0 radical (unpaired) electrons. The molecule has 9 heteroatoms. The summed E-state index contributed by atoms with van der Waals surface area (Å²) in [4.78, 5) is 16.0. The van der Waals surface area contributed by atoms with E-state index in [1.807, 2.05) is 19.9 Å². The predicted octanol–water partition coefficient (Wildman–Crippen LogP) is 1.01. The molecule has 1 unspecified atom stereocenters. The van der Waals surface area contributed by atoms with Crippen LogP contribution in [0.2, 0.25) is 0 Å². The molecular formula is C16H24N6O3.